The smallest absolute Gasteiger partial charge is 0.102 e. The van der Waals surface area contributed by atoms with Crippen LogP contribution in [0.3, 0.4) is 0 Å². The van der Waals surface area contributed by atoms with E-state index in [4.69, 9.17) is 5.73 Å². The van der Waals surface area contributed by atoms with Crippen LogP contribution in [0.15, 0.2) is 12.4 Å². The maximum atomic E-state index is 5.68. The summed E-state index contributed by atoms with van der Waals surface area (Å²) < 4.78 is 1.04. The van der Waals surface area contributed by atoms with Crippen LogP contribution in [0.1, 0.15) is 5.01 Å². The molecule has 0 aliphatic rings. The first-order valence-corrected chi connectivity index (χ1v) is 4.05. The van der Waals surface area contributed by atoms with E-state index in [0.29, 0.717) is 5.69 Å². The molecule has 2 N–H and O–H groups in total. The lowest BCUT2D eigenvalue weighted by Crippen LogP contribution is -1.85. The Morgan fingerprint density at radius 3 is 3.00 bits per heavy atom. The lowest BCUT2D eigenvalue weighted by atomic mass is 10.4. The van der Waals surface area contributed by atoms with Gasteiger partial charge in [-0.3, -0.25) is 4.98 Å². The molecule has 0 saturated carbocycles. The van der Waals surface area contributed by atoms with Crippen molar-refractivity contribution in [2.45, 2.75) is 6.92 Å². The third kappa shape index (κ3) is 0.952. The summed E-state index contributed by atoms with van der Waals surface area (Å²) in [6, 6.07) is 0. The standard InChI is InChI=1S/C7H7N3S/c1-4-10-6-3-9-2-5(8)7(6)11-4/h2-3H,8H2,1H3. The predicted molar refractivity (Wildman–Crippen MR) is 46.6 cm³/mol. The van der Waals surface area contributed by atoms with Gasteiger partial charge in [0, 0.05) is 0 Å². The van der Waals surface area contributed by atoms with Gasteiger partial charge in [-0.25, -0.2) is 4.98 Å². The maximum absolute atomic E-state index is 5.68. The number of thiazole rings is 1. The van der Waals surface area contributed by atoms with Crippen LogP contribution in [0.2, 0.25) is 0 Å². The Hall–Kier alpha value is -1.16. The van der Waals surface area contributed by atoms with Gasteiger partial charge >= 0.3 is 0 Å². The minimum absolute atomic E-state index is 0.716. The first-order chi connectivity index (χ1) is 5.27. The number of hydrogen-bond acceptors (Lipinski definition) is 4. The molecule has 0 aromatic carbocycles. The topological polar surface area (TPSA) is 51.8 Å². The van der Waals surface area contributed by atoms with Crippen molar-refractivity contribution in [2.75, 3.05) is 5.73 Å². The molecule has 2 heterocycles. The van der Waals surface area contributed by atoms with E-state index in [0.717, 1.165) is 15.2 Å². The van der Waals surface area contributed by atoms with E-state index in [9.17, 15) is 0 Å². The van der Waals surface area contributed by atoms with Crippen LogP contribution in [0, 0.1) is 6.92 Å². The molecule has 0 spiro atoms. The molecule has 0 aliphatic heterocycles. The normalized spacial score (nSPS) is 10.6. The van der Waals surface area contributed by atoms with Crippen molar-refractivity contribution < 1.29 is 0 Å². The van der Waals surface area contributed by atoms with Crippen LogP contribution in [0.5, 0.6) is 0 Å². The summed E-state index contributed by atoms with van der Waals surface area (Å²) in [5, 5.41) is 1.03. The lowest BCUT2D eigenvalue weighted by molar-refractivity contribution is 1.30. The summed E-state index contributed by atoms with van der Waals surface area (Å²) in [6.45, 7) is 1.96. The second-order valence-corrected chi connectivity index (χ2v) is 3.51. The average Bonchev–Trinajstić information content (AvgIpc) is 2.31. The largest absolute Gasteiger partial charge is 0.396 e. The Morgan fingerprint density at radius 2 is 2.27 bits per heavy atom. The van der Waals surface area contributed by atoms with Crippen molar-refractivity contribution in [2.24, 2.45) is 0 Å². The molecule has 2 aromatic rings. The van der Waals surface area contributed by atoms with Gasteiger partial charge < -0.3 is 5.73 Å². The molecule has 0 unspecified atom stereocenters. The Labute approximate surface area is 67.9 Å². The summed E-state index contributed by atoms with van der Waals surface area (Å²) in [5.74, 6) is 0. The molecule has 0 atom stereocenters. The molecule has 2 aromatic heterocycles. The van der Waals surface area contributed by atoms with Gasteiger partial charge in [-0.1, -0.05) is 0 Å². The fourth-order valence-corrected chi connectivity index (χ4v) is 1.80. The molecule has 0 aliphatic carbocycles. The Morgan fingerprint density at radius 1 is 1.45 bits per heavy atom. The second-order valence-electron chi connectivity index (χ2n) is 2.31. The van der Waals surface area contributed by atoms with Gasteiger partial charge in [0.1, 0.15) is 5.52 Å². The summed E-state index contributed by atoms with van der Waals surface area (Å²) in [6.07, 6.45) is 3.38. The van der Waals surface area contributed by atoms with Crippen LogP contribution < -0.4 is 5.73 Å². The Bertz CT molecular complexity index is 393. The van der Waals surface area contributed by atoms with Crippen molar-refractivity contribution in [3.8, 4) is 0 Å². The van der Waals surface area contributed by atoms with Crippen LogP contribution >= 0.6 is 11.3 Å². The van der Waals surface area contributed by atoms with E-state index in [-0.39, 0.29) is 0 Å². The van der Waals surface area contributed by atoms with Crippen molar-refractivity contribution in [1.29, 1.82) is 0 Å². The average molecular weight is 165 g/mol. The van der Waals surface area contributed by atoms with Crippen LogP contribution in [0.4, 0.5) is 5.69 Å². The predicted octanol–water partition coefficient (Wildman–Crippen LogP) is 1.58. The zero-order valence-electron chi connectivity index (χ0n) is 6.03. The van der Waals surface area contributed by atoms with Gasteiger partial charge in [-0.05, 0) is 6.92 Å². The van der Waals surface area contributed by atoms with E-state index in [1.165, 1.54) is 0 Å². The molecule has 11 heavy (non-hydrogen) atoms. The van der Waals surface area contributed by atoms with Gasteiger partial charge in [0.25, 0.3) is 0 Å². The highest BCUT2D eigenvalue weighted by Gasteiger charge is 2.02. The Balaban J connectivity index is 2.90. The maximum Gasteiger partial charge on any atom is 0.102 e. The van der Waals surface area contributed by atoms with Crippen molar-refractivity contribution in [3.05, 3.63) is 17.4 Å². The molecule has 4 heteroatoms. The zero-order chi connectivity index (χ0) is 7.84. The highest BCUT2D eigenvalue weighted by molar-refractivity contribution is 7.19. The van der Waals surface area contributed by atoms with E-state index in [1.807, 2.05) is 6.92 Å². The van der Waals surface area contributed by atoms with Gasteiger partial charge in [0.15, 0.2) is 0 Å². The van der Waals surface area contributed by atoms with Gasteiger partial charge in [-0.15, -0.1) is 11.3 Å². The van der Waals surface area contributed by atoms with E-state index in [1.54, 1.807) is 23.7 Å². The number of aromatic nitrogens is 2. The third-order valence-electron chi connectivity index (χ3n) is 1.43. The monoisotopic (exact) mass is 165 g/mol. The summed E-state index contributed by atoms with van der Waals surface area (Å²) >= 11 is 1.60. The number of hydrogen-bond donors (Lipinski definition) is 1. The Kier molecular flexibility index (Phi) is 1.29. The van der Waals surface area contributed by atoms with Crippen molar-refractivity contribution in [3.63, 3.8) is 0 Å². The van der Waals surface area contributed by atoms with Gasteiger partial charge in [-0.2, -0.15) is 0 Å². The minimum Gasteiger partial charge on any atom is -0.396 e. The number of rotatable bonds is 0. The molecular formula is C7H7N3S. The molecule has 0 bridgehead atoms. The van der Waals surface area contributed by atoms with E-state index in [2.05, 4.69) is 9.97 Å². The molecule has 0 saturated heterocycles. The molecule has 3 nitrogen and oxygen atoms in total. The lowest BCUT2D eigenvalue weighted by Gasteiger charge is -1.89. The van der Waals surface area contributed by atoms with Crippen LogP contribution in [-0.2, 0) is 0 Å². The zero-order valence-corrected chi connectivity index (χ0v) is 6.85. The molecule has 0 amide bonds. The first kappa shape index (κ1) is 6.54. The summed E-state index contributed by atoms with van der Waals surface area (Å²) in [5.41, 5.74) is 7.29. The summed E-state index contributed by atoms with van der Waals surface area (Å²) in [4.78, 5) is 8.19. The number of nitrogens with zero attached hydrogens (tertiary/aromatic N) is 2. The first-order valence-electron chi connectivity index (χ1n) is 3.24. The van der Waals surface area contributed by atoms with Crippen molar-refractivity contribution in [1.82, 2.24) is 9.97 Å². The number of fused-ring (bicyclic) bond motifs is 1. The summed E-state index contributed by atoms with van der Waals surface area (Å²) in [7, 11) is 0. The highest BCUT2D eigenvalue weighted by Crippen LogP contribution is 2.25. The number of nitrogens with two attached hydrogens (primary N) is 1. The second kappa shape index (κ2) is 2.17. The number of anilines is 1. The fraction of sp³-hybridized carbons (Fsp3) is 0.143. The highest BCUT2D eigenvalue weighted by atomic mass is 32.1. The molecule has 0 fully saturated rings. The van der Waals surface area contributed by atoms with Gasteiger partial charge in [0.05, 0.1) is 27.8 Å². The number of pyridine rings is 1. The molecular weight excluding hydrogens is 158 g/mol. The fourth-order valence-electron chi connectivity index (χ4n) is 0.984. The third-order valence-corrected chi connectivity index (χ3v) is 2.47. The molecule has 56 valence electrons. The van der Waals surface area contributed by atoms with Crippen molar-refractivity contribution >= 4 is 27.2 Å². The minimum atomic E-state index is 0.716. The van der Waals surface area contributed by atoms with E-state index < -0.39 is 0 Å². The van der Waals surface area contributed by atoms with Crippen LogP contribution in [-0.4, -0.2) is 9.97 Å². The van der Waals surface area contributed by atoms with E-state index >= 15 is 0 Å². The number of nitrogen functional groups attached to an aromatic ring is 1. The quantitative estimate of drug-likeness (QED) is 0.644. The van der Waals surface area contributed by atoms with Gasteiger partial charge in [0.2, 0.25) is 0 Å². The number of aryl methyl sites for hydroxylation is 1. The molecule has 2 rings (SSSR count). The van der Waals surface area contributed by atoms with Crippen LogP contribution in [0.25, 0.3) is 10.2 Å². The molecule has 0 radical (unpaired) electrons. The SMILES string of the molecule is Cc1nc2cncc(N)c2s1.